The molecular formula is C15H23N5O8. The minimum absolute atomic E-state index is 0.00756. The number of rotatable bonds is 9. The number of aliphatic hydroxyl groups is 2. The summed E-state index contributed by atoms with van der Waals surface area (Å²) >= 11 is 0. The fourth-order valence-corrected chi connectivity index (χ4v) is 3.09. The van der Waals surface area contributed by atoms with Gasteiger partial charge in [0, 0.05) is 6.42 Å². The molecule has 8 N–H and O–H groups in total. The predicted molar refractivity (Wildman–Crippen MR) is 89.7 cm³/mol. The van der Waals surface area contributed by atoms with E-state index in [0.717, 1.165) is 0 Å². The molecule has 1 aromatic heterocycles. The van der Waals surface area contributed by atoms with Gasteiger partial charge < -0.3 is 41.3 Å². The molecule has 0 aliphatic heterocycles. The van der Waals surface area contributed by atoms with Crippen LogP contribution in [0.2, 0.25) is 0 Å². The minimum atomic E-state index is -1.55. The van der Waals surface area contributed by atoms with E-state index in [2.05, 4.69) is 20.8 Å². The smallest absolute Gasteiger partial charge is 0.328 e. The summed E-state index contributed by atoms with van der Waals surface area (Å²) in [6.07, 6.45) is -1.16. The second kappa shape index (κ2) is 8.50. The lowest BCUT2D eigenvalue weighted by Crippen LogP contribution is -2.60. The van der Waals surface area contributed by atoms with Gasteiger partial charge in [-0.25, -0.2) is 9.59 Å². The summed E-state index contributed by atoms with van der Waals surface area (Å²) in [5, 5.41) is 44.9. The Hall–Kier alpha value is -2.77. The van der Waals surface area contributed by atoms with Gasteiger partial charge in [0.2, 0.25) is 0 Å². The topological polar surface area (TPSA) is 221 Å². The Morgan fingerprint density at radius 3 is 2.50 bits per heavy atom. The van der Waals surface area contributed by atoms with Gasteiger partial charge in [0.05, 0.1) is 18.8 Å². The molecule has 1 heterocycles. The second-order valence-electron chi connectivity index (χ2n) is 6.86. The first kappa shape index (κ1) is 21.5. The van der Waals surface area contributed by atoms with Gasteiger partial charge in [0.1, 0.15) is 5.54 Å². The number of aliphatic carboxylic acids is 2. The van der Waals surface area contributed by atoms with E-state index in [-0.39, 0.29) is 36.9 Å². The Morgan fingerprint density at radius 2 is 2.00 bits per heavy atom. The van der Waals surface area contributed by atoms with E-state index in [1.165, 1.54) is 6.92 Å². The average molecular weight is 401 g/mol. The molecular weight excluding hydrogens is 378 g/mol. The Balaban J connectivity index is 2.18. The van der Waals surface area contributed by atoms with Crippen molar-refractivity contribution in [2.45, 2.75) is 49.9 Å². The quantitative estimate of drug-likeness (QED) is 0.246. The Morgan fingerprint density at radius 1 is 1.36 bits per heavy atom. The molecule has 28 heavy (non-hydrogen) atoms. The normalized spacial score (nSPS) is 24.5. The predicted octanol–water partition coefficient (Wildman–Crippen LogP) is -1.73. The number of nitrogens with two attached hydrogens (primary N) is 1. The lowest BCUT2D eigenvalue weighted by atomic mass is 9.66. The standard InChI is InChI=1S/C15H23N5O8/c1-6(22)10(12(25)26)17-14(27)19-15(3-7(4-15)2-9(23)24)13-18-11(20-28-13)8(16)5-21/h6-8,10,21-22H,2-5,16H2,1H3,(H,23,24)(H,25,26)(H2,17,19,27). The first-order chi connectivity index (χ1) is 13.1. The van der Waals surface area contributed by atoms with Crippen molar-refractivity contribution in [3.63, 3.8) is 0 Å². The van der Waals surface area contributed by atoms with Crippen LogP contribution in [0.25, 0.3) is 0 Å². The summed E-state index contributed by atoms with van der Waals surface area (Å²) in [6, 6.07) is -3.36. The molecule has 0 spiro atoms. The maximum absolute atomic E-state index is 12.3. The highest BCUT2D eigenvalue weighted by Gasteiger charge is 2.52. The molecule has 1 fully saturated rings. The van der Waals surface area contributed by atoms with Gasteiger partial charge in [-0.1, -0.05) is 5.16 Å². The molecule has 2 amide bonds. The van der Waals surface area contributed by atoms with Gasteiger partial charge in [-0.05, 0) is 25.7 Å². The number of hydrogen-bond acceptors (Lipinski definition) is 9. The SMILES string of the molecule is CC(O)C(NC(=O)NC1(c2nc(C(N)CO)no2)CC(CC(=O)O)C1)C(=O)O. The van der Waals surface area contributed by atoms with Gasteiger partial charge in [-0.15, -0.1) is 0 Å². The number of nitrogens with zero attached hydrogens (tertiary/aromatic N) is 2. The molecule has 2 rings (SSSR count). The average Bonchev–Trinajstić information content (AvgIpc) is 3.06. The number of nitrogens with one attached hydrogen (secondary N) is 2. The van der Waals surface area contributed by atoms with E-state index in [9.17, 15) is 19.5 Å². The highest BCUT2D eigenvalue weighted by molar-refractivity contribution is 5.83. The third kappa shape index (κ3) is 4.74. The van der Waals surface area contributed by atoms with Crippen molar-refractivity contribution >= 4 is 18.0 Å². The second-order valence-corrected chi connectivity index (χ2v) is 6.86. The highest BCUT2D eigenvalue weighted by Crippen LogP contribution is 2.46. The van der Waals surface area contributed by atoms with E-state index in [1.807, 2.05) is 0 Å². The summed E-state index contributed by atoms with van der Waals surface area (Å²) in [4.78, 5) is 38.4. The molecule has 1 aliphatic carbocycles. The van der Waals surface area contributed by atoms with E-state index in [4.69, 9.17) is 25.6 Å². The van der Waals surface area contributed by atoms with E-state index in [0.29, 0.717) is 0 Å². The molecule has 1 aromatic rings. The van der Waals surface area contributed by atoms with E-state index >= 15 is 0 Å². The van der Waals surface area contributed by atoms with Crippen molar-refractivity contribution in [2.24, 2.45) is 11.7 Å². The maximum Gasteiger partial charge on any atom is 0.328 e. The van der Waals surface area contributed by atoms with Crippen LogP contribution in [-0.4, -0.2) is 67.3 Å². The van der Waals surface area contributed by atoms with Gasteiger partial charge >= 0.3 is 18.0 Å². The number of urea groups is 1. The summed E-state index contributed by atoms with van der Waals surface area (Å²) in [5.74, 6) is -2.73. The zero-order chi connectivity index (χ0) is 21.1. The highest BCUT2D eigenvalue weighted by atomic mass is 16.5. The van der Waals surface area contributed by atoms with Crippen LogP contribution in [-0.2, 0) is 15.1 Å². The zero-order valence-electron chi connectivity index (χ0n) is 15.0. The van der Waals surface area contributed by atoms with Gasteiger partial charge in [-0.2, -0.15) is 4.98 Å². The lowest BCUT2D eigenvalue weighted by molar-refractivity contribution is -0.142. The summed E-state index contributed by atoms with van der Waals surface area (Å²) in [5.41, 5.74) is 4.42. The monoisotopic (exact) mass is 401 g/mol. The van der Waals surface area contributed by atoms with Crippen molar-refractivity contribution in [3.8, 4) is 0 Å². The first-order valence-electron chi connectivity index (χ1n) is 8.50. The molecule has 156 valence electrons. The molecule has 0 bridgehead atoms. The van der Waals surface area contributed by atoms with Crippen molar-refractivity contribution < 1.29 is 39.3 Å². The third-order valence-electron chi connectivity index (χ3n) is 4.50. The van der Waals surface area contributed by atoms with Gasteiger partial charge in [-0.3, -0.25) is 4.79 Å². The maximum atomic E-state index is 12.3. The van der Waals surface area contributed by atoms with Crippen LogP contribution in [0, 0.1) is 5.92 Å². The fourth-order valence-electron chi connectivity index (χ4n) is 3.09. The van der Waals surface area contributed by atoms with Gasteiger partial charge in [0.15, 0.2) is 11.9 Å². The van der Waals surface area contributed by atoms with E-state index in [1.54, 1.807) is 0 Å². The molecule has 0 aromatic carbocycles. The lowest BCUT2D eigenvalue weighted by Gasteiger charge is -2.45. The number of carbonyl (C=O) groups is 3. The number of carbonyl (C=O) groups excluding carboxylic acids is 1. The van der Waals surface area contributed by atoms with Crippen molar-refractivity contribution in [2.75, 3.05) is 6.61 Å². The minimum Gasteiger partial charge on any atom is -0.481 e. The number of hydrogen-bond donors (Lipinski definition) is 7. The third-order valence-corrected chi connectivity index (χ3v) is 4.50. The zero-order valence-corrected chi connectivity index (χ0v) is 15.0. The molecule has 3 unspecified atom stereocenters. The Kier molecular flexibility index (Phi) is 6.53. The van der Waals surface area contributed by atoms with Crippen LogP contribution in [0.1, 0.15) is 43.9 Å². The van der Waals surface area contributed by atoms with E-state index < -0.39 is 48.3 Å². The summed E-state index contributed by atoms with van der Waals surface area (Å²) in [6.45, 7) is 0.776. The molecule has 0 saturated heterocycles. The Bertz CT molecular complexity index is 730. The largest absolute Gasteiger partial charge is 0.481 e. The molecule has 13 heteroatoms. The van der Waals surface area contributed by atoms with Crippen LogP contribution >= 0.6 is 0 Å². The van der Waals surface area contributed by atoms with Crippen molar-refractivity contribution in [1.82, 2.24) is 20.8 Å². The van der Waals surface area contributed by atoms with Crippen molar-refractivity contribution in [1.29, 1.82) is 0 Å². The van der Waals surface area contributed by atoms with Crippen LogP contribution in [0.5, 0.6) is 0 Å². The van der Waals surface area contributed by atoms with Crippen LogP contribution in [0.15, 0.2) is 4.52 Å². The van der Waals surface area contributed by atoms with Gasteiger partial charge in [0.25, 0.3) is 5.89 Å². The first-order valence-corrected chi connectivity index (χ1v) is 8.50. The Labute approximate surface area is 158 Å². The molecule has 1 aliphatic rings. The summed E-state index contributed by atoms with van der Waals surface area (Å²) < 4.78 is 5.14. The number of amides is 2. The molecule has 13 nitrogen and oxygen atoms in total. The molecule has 0 radical (unpaired) electrons. The number of aliphatic hydroxyl groups excluding tert-OH is 2. The van der Waals surface area contributed by atoms with Crippen LogP contribution < -0.4 is 16.4 Å². The molecule has 3 atom stereocenters. The number of carboxylic acids is 2. The van der Waals surface area contributed by atoms with Crippen LogP contribution in [0.4, 0.5) is 4.79 Å². The fraction of sp³-hybridized carbons (Fsp3) is 0.667. The summed E-state index contributed by atoms with van der Waals surface area (Å²) in [7, 11) is 0. The van der Waals surface area contributed by atoms with Crippen molar-refractivity contribution in [3.05, 3.63) is 11.7 Å². The number of aromatic nitrogens is 2. The molecule has 1 saturated carbocycles. The van der Waals surface area contributed by atoms with Crippen LogP contribution in [0.3, 0.4) is 0 Å². The number of carboxylic acid groups (broad SMARTS) is 2.